The van der Waals surface area contributed by atoms with Gasteiger partial charge in [-0.05, 0) is 19.1 Å². The average molecular weight is 318 g/mol. The highest BCUT2D eigenvalue weighted by Gasteiger charge is 2.20. The Bertz CT molecular complexity index is 875. The number of hydrogen-bond donors (Lipinski definition) is 4. The number of fused-ring (bicyclic) bond motifs is 3. The maximum Gasteiger partial charge on any atom is 0.348 e. The van der Waals surface area contributed by atoms with Gasteiger partial charge in [-0.15, -0.1) is 11.3 Å². The van der Waals surface area contributed by atoms with Crippen molar-refractivity contribution in [2.24, 2.45) is 5.73 Å². The summed E-state index contributed by atoms with van der Waals surface area (Å²) in [6.45, 7) is 2.27. The van der Waals surface area contributed by atoms with Crippen molar-refractivity contribution in [3.8, 4) is 5.88 Å². The molecule has 3 aromatic rings. The van der Waals surface area contributed by atoms with E-state index in [1.165, 1.54) is 17.5 Å². The van der Waals surface area contributed by atoms with Crippen molar-refractivity contribution in [1.82, 2.24) is 9.97 Å². The quantitative estimate of drug-likeness (QED) is 0.580. The van der Waals surface area contributed by atoms with E-state index in [4.69, 9.17) is 5.73 Å². The summed E-state index contributed by atoms with van der Waals surface area (Å²) in [4.78, 5) is 19.9. The van der Waals surface area contributed by atoms with Gasteiger partial charge in [-0.1, -0.05) is 0 Å². The molecule has 2 heterocycles. The highest BCUT2D eigenvalue weighted by molar-refractivity contribution is 7.21. The first kappa shape index (κ1) is 14.5. The van der Waals surface area contributed by atoms with Crippen LogP contribution in [0.4, 0.5) is 5.69 Å². The molecule has 22 heavy (non-hydrogen) atoms. The van der Waals surface area contributed by atoms with Crippen molar-refractivity contribution < 1.29 is 15.0 Å². The van der Waals surface area contributed by atoms with Gasteiger partial charge < -0.3 is 21.3 Å². The van der Waals surface area contributed by atoms with Gasteiger partial charge in [-0.25, -0.2) is 14.8 Å². The Kier molecular flexibility index (Phi) is 3.55. The molecule has 5 N–H and O–H groups in total. The molecule has 0 aliphatic heterocycles. The van der Waals surface area contributed by atoms with Gasteiger partial charge in [0.1, 0.15) is 4.88 Å². The van der Waals surface area contributed by atoms with Gasteiger partial charge in [-0.3, -0.25) is 0 Å². The molecule has 0 aliphatic carbocycles. The number of thiophene rings is 1. The SMILES string of the molecule is CC(N)CNc1c(C(=O)O)sc2ccc3nc(O)cnc3c12. The van der Waals surface area contributed by atoms with Crippen LogP contribution in [0.5, 0.6) is 5.88 Å². The zero-order valence-corrected chi connectivity index (χ0v) is 12.5. The Morgan fingerprint density at radius 3 is 2.95 bits per heavy atom. The van der Waals surface area contributed by atoms with E-state index in [1.54, 1.807) is 12.1 Å². The number of carbonyl (C=O) groups is 1. The first-order chi connectivity index (χ1) is 10.5. The molecule has 8 heteroatoms. The zero-order valence-electron chi connectivity index (χ0n) is 11.7. The van der Waals surface area contributed by atoms with Crippen LogP contribution in [0.3, 0.4) is 0 Å². The summed E-state index contributed by atoms with van der Waals surface area (Å²) in [5.74, 6) is -1.18. The van der Waals surface area contributed by atoms with Gasteiger partial charge in [0.2, 0.25) is 5.88 Å². The summed E-state index contributed by atoms with van der Waals surface area (Å²) >= 11 is 1.17. The number of nitrogens with two attached hydrogens (primary N) is 1. The molecule has 1 aromatic carbocycles. The van der Waals surface area contributed by atoms with Crippen LogP contribution in [0.2, 0.25) is 0 Å². The third kappa shape index (κ3) is 2.42. The number of carboxylic acids is 1. The minimum Gasteiger partial charge on any atom is -0.492 e. The lowest BCUT2D eigenvalue weighted by Crippen LogP contribution is -2.25. The number of aromatic hydroxyl groups is 1. The first-order valence-electron chi connectivity index (χ1n) is 6.61. The molecular weight excluding hydrogens is 304 g/mol. The third-order valence-corrected chi connectivity index (χ3v) is 4.29. The van der Waals surface area contributed by atoms with Gasteiger partial charge in [0, 0.05) is 22.7 Å². The topological polar surface area (TPSA) is 121 Å². The van der Waals surface area contributed by atoms with E-state index in [0.717, 1.165) is 4.70 Å². The smallest absolute Gasteiger partial charge is 0.348 e. The van der Waals surface area contributed by atoms with E-state index in [-0.39, 0.29) is 16.8 Å². The lowest BCUT2D eigenvalue weighted by Gasteiger charge is -2.10. The third-order valence-electron chi connectivity index (χ3n) is 3.15. The second-order valence-electron chi connectivity index (χ2n) is 5.00. The fourth-order valence-electron chi connectivity index (χ4n) is 2.24. The average Bonchev–Trinajstić information content (AvgIpc) is 2.83. The summed E-state index contributed by atoms with van der Waals surface area (Å²) in [6.07, 6.45) is 1.25. The molecule has 0 fully saturated rings. The maximum absolute atomic E-state index is 11.5. The number of benzene rings is 1. The molecule has 0 spiro atoms. The molecule has 2 aromatic heterocycles. The van der Waals surface area contributed by atoms with Gasteiger partial charge in [-0.2, -0.15) is 0 Å². The Morgan fingerprint density at radius 2 is 2.27 bits per heavy atom. The van der Waals surface area contributed by atoms with E-state index in [0.29, 0.717) is 28.7 Å². The van der Waals surface area contributed by atoms with Gasteiger partial charge >= 0.3 is 5.97 Å². The molecular formula is C14H14N4O3S. The Morgan fingerprint density at radius 1 is 1.50 bits per heavy atom. The van der Waals surface area contributed by atoms with Crippen LogP contribution in [0.25, 0.3) is 21.1 Å². The van der Waals surface area contributed by atoms with Crippen LogP contribution in [-0.4, -0.2) is 38.7 Å². The summed E-state index contributed by atoms with van der Waals surface area (Å²) < 4.78 is 0.789. The highest BCUT2D eigenvalue weighted by Crippen LogP contribution is 2.39. The summed E-state index contributed by atoms with van der Waals surface area (Å²) in [5, 5.41) is 22.6. The van der Waals surface area contributed by atoms with Crippen molar-refractivity contribution in [3.05, 3.63) is 23.2 Å². The standard InChI is InChI=1S/C14H14N4O3S/c1-6(15)4-16-12-10-8(22-13(12)14(20)21)3-2-7-11(10)17-5-9(19)18-7/h2-3,5-6,16H,4,15H2,1H3,(H,18,19)(H,20,21). The van der Waals surface area contributed by atoms with Crippen LogP contribution in [-0.2, 0) is 0 Å². The maximum atomic E-state index is 11.5. The van der Waals surface area contributed by atoms with E-state index in [9.17, 15) is 15.0 Å². The van der Waals surface area contributed by atoms with Crippen molar-refractivity contribution in [2.45, 2.75) is 13.0 Å². The van der Waals surface area contributed by atoms with Gasteiger partial charge in [0.25, 0.3) is 0 Å². The lowest BCUT2D eigenvalue weighted by molar-refractivity contribution is 0.0703. The predicted octanol–water partition coefficient (Wildman–Crippen LogP) is 2.01. The minimum absolute atomic E-state index is 0.123. The second kappa shape index (κ2) is 5.39. The number of aromatic nitrogens is 2. The normalized spacial score (nSPS) is 12.6. The largest absolute Gasteiger partial charge is 0.492 e. The number of hydrogen-bond acceptors (Lipinski definition) is 7. The highest BCUT2D eigenvalue weighted by atomic mass is 32.1. The molecule has 114 valence electrons. The van der Waals surface area contributed by atoms with Crippen LogP contribution in [0.15, 0.2) is 18.3 Å². The molecule has 0 saturated carbocycles. The Hall–Kier alpha value is -2.45. The summed E-state index contributed by atoms with van der Waals surface area (Å²) in [7, 11) is 0. The fourth-order valence-corrected chi connectivity index (χ4v) is 3.26. The van der Waals surface area contributed by atoms with Gasteiger partial charge in [0.15, 0.2) is 0 Å². The second-order valence-corrected chi connectivity index (χ2v) is 6.06. The lowest BCUT2D eigenvalue weighted by atomic mass is 10.1. The number of anilines is 1. The molecule has 3 rings (SSSR count). The molecule has 0 amide bonds. The summed E-state index contributed by atoms with van der Waals surface area (Å²) in [6, 6.07) is 3.36. The molecule has 0 saturated heterocycles. The predicted molar refractivity (Wildman–Crippen MR) is 85.7 cm³/mol. The van der Waals surface area contributed by atoms with Crippen molar-refractivity contribution >= 4 is 44.1 Å². The molecule has 1 unspecified atom stereocenters. The van der Waals surface area contributed by atoms with Crippen LogP contribution in [0.1, 0.15) is 16.6 Å². The van der Waals surface area contributed by atoms with E-state index < -0.39 is 5.97 Å². The summed E-state index contributed by atoms with van der Waals surface area (Å²) in [5.41, 5.74) is 7.29. The van der Waals surface area contributed by atoms with Gasteiger partial charge in [0.05, 0.1) is 22.9 Å². The molecule has 0 radical (unpaired) electrons. The molecule has 0 bridgehead atoms. The monoisotopic (exact) mass is 318 g/mol. The minimum atomic E-state index is -1.01. The molecule has 1 atom stereocenters. The number of nitrogens with zero attached hydrogens (tertiary/aromatic N) is 2. The van der Waals surface area contributed by atoms with E-state index in [2.05, 4.69) is 15.3 Å². The van der Waals surface area contributed by atoms with Crippen molar-refractivity contribution in [2.75, 3.05) is 11.9 Å². The van der Waals surface area contributed by atoms with Crippen LogP contribution < -0.4 is 11.1 Å². The fraction of sp³-hybridized carbons (Fsp3) is 0.214. The zero-order chi connectivity index (χ0) is 15.9. The van der Waals surface area contributed by atoms with E-state index in [1.807, 2.05) is 6.92 Å². The molecule has 7 nitrogen and oxygen atoms in total. The van der Waals surface area contributed by atoms with Crippen LogP contribution >= 0.6 is 11.3 Å². The van der Waals surface area contributed by atoms with Crippen LogP contribution in [0, 0.1) is 0 Å². The molecule has 0 aliphatic rings. The van der Waals surface area contributed by atoms with E-state index >= 15 is 0 Å². The number of nitrogens with one attached hydrogen (secondary N) is 1. The first-order valence-corrected chi connectivity index (χ1v) is 7.43. The Balaban J connectivity index is 2.31. The van der Waals surface area contributed by atoms with Crippen molar-refractivity contribution in [1.29, 1.82) is 0 Å². The number of aromatic carboxylic acids is 1. The number of carboxylic acid groups (broad SMARTS) is 1. The van der Waals surface area contributed by atoms with Crippen molar-refractivity contribution in [3.63, 3.8) is 0 Å². The Labute approximate surface area is 129 Å². The number of rotatable bonds is 4.